The zero-order valence-electron chi connectivity index (χ0n) is 31.9. The summed E-state index contributed by atoms with van der Waals surface area (Å²) < 4.78 is 6.90. The molecule has 4 aliphatic carbocycles. The van der Waals surface area contributed by atoms with Gasteiger partial charge in [0.1, 0.15) is 11.2 Å². The molecule has 4 aliphatic rings. The average molecular weight is 731 g/mol. The molecule has 0 atom stereocenters. The molecular weight excluding hydrogens is 689 g/mol. The van der Waals surface area contributed by atoms with Crippen LogP contribution in [0.2, 0.25) is 0 Å². The predicted molar refractivity (Wildman–Crippen MR) is 240 cm³/mol. The Kier molecular flexibility index (Phi) is 6.82. The van der Waals surface area contributed by atoms with Gasteiger partial charge in [0, 0.05) is 10.8 Å². The maximum atomic E-state index is 6.90. The third-order valence-corrected chi connectivity index (χ3v) is 14.6. The van der Waals surface area contributed by atoms with Crippen molar-refractivity contribution < 1.29 is 4.42 Å². The first-order valence-corrected chi connectivity index (χ1v) is 21.1. The van der Waals surface area contributed by atoms with Crippen LogP contribution in [0.15, 0.2) is 168 Å². The van der Waals surface area contributed by atoms with Crippen molar-refractivity contribution in [2.24, 2.45) is 23.7 Å². The molecule has 9 aromatic carbocycles. The van der Waals surface area contributed by atoms with Gasteiger partial charge in [-0.3, -0.25) is 0 Å². The number of hydrogen-bond donors (Lipinski definition) is 0. The van der Waals surface area contributed by atoms with Crippen LogP contribution in [0, 0.1) is 23.7 Å². The molecule has 0 spiro atoms. The van der Waals surface area contributed by atoms with Gasteiger partial charge in [-0.1, -0.05) is 146 Å². The first-order valence-electron chi connectivity index (χ1n) is 21.1. The number of hydrogen-bond acceptors (Lipinski definition) is 1. The number of benzene rings is 9. The highest BCUT2D eigenvalue weighted by molar-refractivity contribution is 6.24. The maximum Gasteiger partial charge on any atom is 0.136 e. The van der Waals surface area contributed by atoms with Gasteiger partial charge in [-0.2, -0.15) is 0 Å². The summed E-state index contributed by atoms with van der Waals surface area (Å²) in [7, 11) is 0. The molecule has 0 aliphatic heterocycles. The first-order chi connectivity index (χ1) is 28.3. The summed E-state index contributed by atoms with van der Waals surface area (Å²) in [5, 5.41) is 13.0. The lowest BCUT2D eigenvalue weighted by Crippen LogP contribution is -2.43. The summed E-state index contributed by atoms with van der Waals surface area (Å²) in [6.07, 6.45) is 7.18. The Bertz CT molecular complexity index is 3110. The lowest BCUT2D eigenvalue weighted by Gasteiger charge is -2.55. The van der Waals surface area contributed by atoms with Crippen molar-refractivity contribution >= 4 is 65.0 Å². The van der Waals surface area contributed by atoms with Crippen LogP contribution in [0.25, 0.3) is 98.4 Å². The van der Waals surface area contributed by atoms with Gasteiger partial charge >= 0.3 is 0 Å². The van der Waals surface area contributed by atoms with Gasteiger partial charge in [-0.15, -0.1) is 0 Å². The number of rotatable bonds is 4. The zero-order valence-corrected chi connectivity index (χ0v) is 31.9. The quantitative estimate of drug-likeness (QED) is 0.164. The summed E-state index contributed by atoms with van der Waals surface area (Å²) in [5.74, 6) is 4.20. The van der Waals surface area contributed by atoms with E-state index < -0.39 is 0 Å². The van der Waals surface area contributed by atoms with E-state index >= 15 is 0 Å². The fourth-order valence-corrected chi connectivity index (χ4v) is 12.8. The van der Waals surface area contributed by atoms with E-state index in [4.69, 9.17) is 4.42 Å². The number of furan rings is 1. The van der Waals surface area contributed by atoms with Crippen molar-refractivity contribution in [3.8, 4) is 33.4 Å². The van der Waals surface area contributed by atoms with Gasteiger partial charge in [0.25, 0.3) is 0 Å². The second-order valence-electron chi connectivity index (χ2n) is 17.5. The van der Waals surface area contributed by atoms with Gasteiger partial charge in [0.2, 0.25) is 0 Å². The molecule has 0 radical (unpaired) electrons. The molecule has 4 saturated carbocycles. The van der Waals surface area contributed by atoms with Gasteiger partial charge in [0.05, 0.1) is 0 Å². The topological polar surface area (TPSA) is 13.1 Å². The van der Waals surface area contributed by atoms with Crippen LogP contribution in [-0.2, 0) is 0 Å². The Labute approximate surface area is 332 Å². The molecule has 1 heteroatoms. The maximum absolute atomic E-state index is 6.90. The Balaban J connectivity index is 1.04. The standard InChI is InChI=1S/C56H42O/c1-2-13-35(14-3-1)52-39-15-4-6-17-41(39)53(42-18-7-5-16-40(42)52)36-25-26-47-50(32-36)57-49-24-12-23-48(55(47)49)54-43-19-8-10-21-45(43)56(46-22-11-9-20-44(46)54)51-37-28-33-27-34(30-37)31-38(51)29-33/h1-26,32-34,37-38,51H,27-31H2. The highest BCUT2D eigenvalue weighted by atomic mass is 16.3. The van der Waals surface area contributed by atoms with Crippen molar-refractivity contribution in [3.05, 3.63) is 169 Å². The van der Waals surface area contributed by atoms with Crippen LogP contribution in [0.3, 0.4) is 0 Å². The molecule has 0 saturated heterocycles. The average Bonchev–Trinajstić information content (AvgIpc) is 3.63. The summed E-state index contributed by atoms with van der Waals surface area (Å²) in [5.41, 5.74) is 11.0. The van der Waals surface area contributed by atoms with Crippen molar-refractivity contribution in [1.29, 1.82) is 0 Å². The van der Waals surface area contributed by atoms with Gasteiger partial charge in [-0.05, 0) is 162 Å². The predicted octanol–water partition coefficient (Wildman–Crippen LogP) is 15.7. The van der Waals surface area contributed by atoms with Crippen LogP contribution in [0.4, 0.5) is 0 Å². The first kappa shape index (κ1) is 32.0. The smallest absolute Gasteiger partial charge is 0.136 e. The van der Waals surface area contributed by atoms with E-state index in [1.807, 2.05) is 0 Å². The zero-order chi connectivity index (χ0) is 37.2. The second kappa shape index (κ2) is 12.2. The molecule has 1 heterocycles. The van der Waals surface area contributed by atoms with Crippen LogP contribution < -0.4 is 0 Å². The Morgan fingerprint density at radius 1 is 0.351 bits per heavy atom. The van der Waals surface area contributed by atoms with Crippen molar-refractivity contribution in [1.82, 2.24) is 0 Å². The molecule has 272 valence electrons. The Hall–Kier alpha value is -6.18. The minimum absolute atomic E-state index is 0.652. The molecular formula is C56H42O. The molecule has 0 amide bonds. The van der Waals surface area contributed by atoms with Crippen molar-refractivity contribution in [2.75, 3.05) is 0 Å². The van der Waals surface area contributed by atoms with Crippen LogP contribution in [0.1, 0.15) is 43.6 Å². The fourth-order valence-electron chi connectivity index (χ4n) is 12.8. The summed E-state index contributed by atoms with van der Waals surface area (Å²) in [6.45, 7) is 0. The fraction of sp³-hybridized carbons (Fsp3) is 0.179. The molecule has 10 aromatic rings. The highest BCUT2D eigenvalue weighted by Gasteiger charge is 2.49. The molecule has 4 fully saturated rings. The third-order valence-electron chi connectivity index (χ3n) is 14.6. The number of fused-ring (bicyclic) bond motifs is 7. The van der Waals surface area contributed by atoms with E-state index in [1.54, 1.807) is 5.56 Å². The largest absolute Gasteiger partial charge is 0.456 e. The lowest BCUT2D eigenvalue weighted by atomic mass is 9.50. The lowest BCUT2D eigenvalue weighted by molar-refractivity contribution is -0.00185. The van der Waals surface area contributed by atoms with E-state index in [0.29, 0.717) is 5.92 Å². The van der Waals surface area contributed by atoms with E-state index in [9.17, 15) is 0 Å². The molecule has 14 rings (SSSR count). The Morgan fingerprint density at radius 3 is 1.40 bits per heavy atom. The normalized spacial score (nSPS) is 21.5. The van der Waals surface area contributed by atoms with Gasteiger partial charge in [-0.25, -0.2) is 0 Å². The molecule has 57 heavy (non-hydrogen) atoms. The van der Waals surface area contributed by atoms with Crippen LogP contribution in [0.5, 0.6) is 0 Å². The van der Waals surface area contributed by atoms with E-state index in [-0.39, 0.29) is 0 Å². The molecule has 1 aromatic heterocycles. The Morgan fingerprint density at radius 2 is 0.842 bits per heavy atom. The minimum Gasteiger partial charge on any atom is -0.456 e. The highest BCUT2D eigenvalue weighted by Crippen LogP contribution is 2.62. The third kappa shape index (κ3) is 4.63. The summed E-state index contributed by atoms with van der Waals surface area (Å²) in [4.78, 5) is 0. The van der Waals surface area contributed by atoms with Crippen molar-refractivity contribution in [3.63, 3.8) is 0 Å². The van der Waals surface area contributed by atoms with Crippen molar-refractivity contribution in [2.45, 2.75) is 38.0 Å². The minimum atomic E-state index is 0.652. The molecule has 0 N–H and O–H groups in total. The van der Waals surface area contributed by atoms with Crippen LogP contribution in [-0.4, -0.2) is 0 Å². The monoisotopic (exact) mass is 730 g/mol. The summed E-state index contributed by atoms with van der Waals surface area (Å²) in [6, 6.07) is 61.0. The summed E-state index contributed by atoms with van der Waals surface area (Å²) >= 11 is 0. The molecule has 4 bridgehead atoms. The van der Waals surface area contributed by atoms with Crippen LogP contribution >= 0.6 is 0 Å². The molecule has 1 nitrogen and oxygen atoms in total. The second-order valence-corrected chi connectivity index (χ2v) is 17.5. The van der Waals surface area contributed by atoms with E-state index in [2.05, 4.69) is 164 Å². The SMILES string of the molecule is c1ccc(-c2c3ccccc3c(-c3ccc4c(c3)oc3cccc(-c5c6ccccc6c(C6C7CC8CC(C7)CC6C8)c6ccccc56)c34)c3ccccc23)cc1. The van der Waals surface area contributed by atoms with E-state index in [0.717, 1.165) is 40.2 Å². The molecule has 0 unspecified atom stereocenters. The van der Waals surface area contributed by atoms with Gasteiger partial charge < -0.3 is 4.42 Å². The van der Waals surface area contributed by atoms with E-state index in [1.165, 1.54) is 114 Å². The van der Waals surface area contributed by atoms with Gasteiger partial charge in [0.15, 0.2) is 0 Å².